The van der Waals surface area contributed by atoms with Gasteiger partial charge in [-0.05, 0) is 38.3 Å². The number of aryl methyl sites for hydroxylation is 3. The summed E-state index contributed by atoms with van der Waals surface area (Å²) in [5, 5.41) is 0. The van der Waals surface area contributed by atoms with Crippen LogP contribution in [0.15, 0.2) is 17.0 Å². The van der Waals surface area contributed by atoms with Gasteiger partial charge in [0, 0.05) is 26.2 Å². The SMILES string of the molecule is Cc1cc(C)c(S(=O)(=O)N2CCCN(S(C)(=O)=O)CC2)c(C)c1. The molecule has 2 rings (SSSR count). The lowest BCUT2D eigenvalue weighted by Crippen LogP contribution is -2.37. The van der Waals surface area contributed by atoms with Crippen LogP contribution < -0.4 is 0 Å². The molecule has 0 N–H and O–H groups in total. The first kappa shape index (κ1) is 18.4. The van der Waals surface area contributed by atoms with Crippen LogP contribution in [0.25, 0.3) is 0 Å². The Kier molecular flexibility index (Phi) is 5.20. The third-order valence-electron chi connectivity index (χ3n) is 4.09. The number of nitrogens with zero attached hydrogens (tertiary/aromatic N) is 2. The number of hydrogen-bond donors (Lipinski definition) is 0. The third kappa shape index (κ3) is 3.93. The van der Waals surface area contributed by atoms with Gasteiger partial charge in [0.2, 0.25) is 20.0 Å². The molecule has 0 amide bonds. The fraction of sp³-hybridized carbons (Fsp3) is 0.600. The van der Waals surface area contributed by atoms with Gasteiger partial charge in [0.25, 0.3) is 0 Å². The molecule has 1 aromatic rings. The smallest absolute Gasteiger partial charge is 0.213 e. The zero-order chi connectivity index (χ0) is 17.4. The van der Waals surface area contributed by atoms with E-state index in [4.69, 9.17) is 0 Å². The summed E-state index contributed by atoms with van der Waals surface area (Å²) < 4.78 is 52.1. The zero-order valence-corrected chi connectivity index (χ0v) is 15.7. The van der Waals surface area contributed by atoms with Crippen molar-refractivity contribution in [2.24, 2.45) is 0 Å². The molecular formula is C15H24N2O4S2. The molecule has 0 radical (unpaired) electrons. The summed E-state index contributed by atoms with van der Waals surface area (Å²) >= 11 is 0. The lowest BCUT2D eigenvalue weighted by molar-refractivity contribution is 0.406. The fourth-order valence-electron chi connectivity index (χ4n) is 3.14. The van der Waals surface area contributed by atoms with Gasteiger partial charge in [-0.2, -0.15) is 4.31 Å². The molecular weight excluding hydrogens is 336 g/mol. The second-order valence-electron chi connectivity index (χ2n) is 6.15. The van der Waals surface area contributed by atoms with Gasteiger partial charge in [-0.15, -0.1) is 0 Å². The van der Waals surface area contributed by atoms with Crippen LogP contribution in [-0.2, 0) is 20.0 Å². The number of benzene rings is 1. The largest absolute Gasteiger partial charge is 0.243 e. The maximum Gasteiger partial charge on any atom is 0.243 e. The van der Waals surface area contributed by atoms with Gasteiger partial charge in [0.15, 0.2) is 0 Å². The Labute approximate surface area is 139 Å². The minimum atomic E-state index is -3.62. The van der Waals surface area contributed by atoms with Gasteiger partial charge >= 0.3 is 0 Å². The Balaban J connectivity index is 2.34. The molecule has 0 spiro atoms. The van der Waals surface area contributed by atoms with Crippen molar-refractivity contribution in [1.82, 2.24) is 8.61 Å². The maximum absolute atomic E-state index is 13.0. The van der Waals surface area contributed by atoms with Crippen LogP contribution in [0, 0.1) is 20.8 Å². The van der Waals surface area contributed by atoms with Crippen LogP contribution in [-0.4, -0.2) is 57.9 Å². The van der Waals surface area contributed by atoms with Gasteiger partial charge in [-0.25, -0.2) is 21.1 Å². The van der Waals surface area contributed by atoms with Crippen LogP contribution in [0.1, 0.15) is 23.1 Å². The Morgan fingerprint density at radius 2 is 1.30 bits per heavy atom. The molecule has 23 heavy (non-hydrogen) atoms. The highest BCUT2D eigenvalue weighted by Gasteiger charge is 2.31. The maximum atomic E-state index is 13.0. The summed E-state index contributed by atoms with van der Waals surface area (Å²) in [6.45, 7) is 6.61. The van der Waals surface area contributed by atoms with E-state index in [0.29, 0.717) is 24.4 Å². The van der Waals surface area contributed by atoms with Crippen LogP contribution in [0.5, 0.6) is 0 Å². The number of rotatable bonds is 3. The predicted octanol–water partition coefficient (Wildman–Crippen LogP) is 1.27. The van der Waals surface area contributed by atoms with Gasteiger partial charge in [-0.3, -0.25) is 0 Å². The molecule has 0 saturated carbocycles. The molecule has 1 aliphatic heterocycles. The first-order valence-electron chi connectivity index (χ1n) is 7.56. The molecule has 1 saturated heterocycles. The van der Waals surface area contributed by atoms with Crippen molar-refractivity contribution in [3.05, 3.63) is 28.8 Å². The number of hydrogen-bond acceptors (Lipinski definition) is 4. The van der Waals surface area contributed by atoms with Gasteiger partial charge in [0.05, 0.1) is 11.2 Å². The lowest BCUT2D eigenvalue weighted by atomic mass is 10.1. The van der Waals surface area contributed by atoms with Crippen molar-refractivity contribution in [2.75, 3.05) is 32.4 Å². The molecule has 0 aromatic heterocycles. The standard InChI is InChI=1S/C15H24N2O4S2/c1-12-10-13(2)15(14(3)11-12)23(20,21)17-7-5-6-16(8-9-17)22(4,18)19/h10-11H,5-9H2,1-4H3. The Morgan fingerprint density at radius 3 is 1.83 bits per heavy atom. The second kappa shape index (κ2) is 6.51. The molecule has 8 heteroatoms. The summed E-state index contributed by atoms with van der Waals surface area (Å²) in [4.78, 5) is 0.343. The van der Waals surface area contributed by atoms with Crippen LogP contribution >= 0.6 is 0 Å². The van der Waals surface area contributed by atoms with Crippen molar-refractivity contribution in [3.8, 4) is 0 Å². The first-order chi connectivity index (χ1) is 10.5. The third-order valence-corrected chi connectivity index (χ3v) is 7.59. The van der Waals surface area contributed by atoms with Crippen molar-refractivity contribution in [1.29, 1.82) is 0 Å². The molecule has 6 nitrogen and oxygen atoms in total. The minimum Gasteiger partial charge on any atom is -0.213 e. The van der Waals surface area contributed by atoms with E-state index in [2.05, 4.69) is 0 Å². The van der Waals surface area contributed by atoms with Crippen molar-refractivity contribution >= 4 is 20.0 Å². The Bertz CT molecular complexity index is 778. The van der Waals surface area contributed by atoms with Crippen LogP contribution in [0.3, 0.4) is 0 Å². The number of sulfonamides is 2. The van der Waals surface area contributed by atoms with E-state index in [-0.39, 0.29) is 13.1 Å². The predicted molar refractivity (Wildman–Crippen MR) is 90.4 cm³/mol. The van der Waals surface area contributed by atoms with E-state index in [1.54, 1.807) is 13.8 Å². The summed E-state index contributed by atoms with van der Waals surface area (Å²) in [5.41, 5.74) is 2.48. The van der Waals surface area contributed by atoms with Crippen LogP contribution in [0.4, 0.5) is 0 Å². The zero-order valence-electron chi connectivity index (χ0n) is 14.0. The average Bonchev–Trinajstić information content (AvgIpc) is 2.62. The van der Waals surface area contributed by atoms with E-state index in [1.807, 2.05) is 19.1 Å². The molecule has 0 unspecified atom stereocenters. The van der Waals surface area contributed by atoms with E-state index in [9.17, 15) is 16.8 Å². The van der Waals surface area contributed by atoms with Crippen molar-refractivity contribution in [3.63, 3.8) is 0 Å². The van der Waals surface area contributed by atoms with Crippen molar-refractivity contribution < 1.29 is 16.8 Å². The second-order valence-corrected chi connectivity index (χ2v) is 10.0. The summed E-state index contributed by atoms with van der Waals surface area (Å²) in [5.74, 6) is 0. The molecule has 0 bridgehead atoms. The Hall–Kier alpha value is -0.960. The molecule has 1 aliphatic rings. The summed E-state index contributed by atoms with van der Waals surface area (Å²) in [7, 11) is -6.91. The molecule has 1 fully saturated rings. The highest BCUT2D eigenvalue weighted by Crippen LogP contribution is 2.26. The summed E-state index contributed by atoms with van der Waals surface area (Å²) in [6.07, 6.45) is 1.65. The molecule has 1 heterocycles. The van der Waals surface area contributed by atoms with Crippen molar-refractivity contribution in [2.45, 2.75) is 32.1 Å². The van der Waals surface area contributed by atoms with E-state index in [0.717, 1.165) is 22.9 Å². The first-order valence-corrected chi connectivity index (χ1v) is 10.9. The quantitative estimate of drug-likeness (QED) is 0.813. The molecule has 1 aromatic carbocycles. The van der Waals surface area contributed by atoms with Gasteiger partial charge < -0.3 is 0 Å². The summed E-state index contributed by atoms with van der Waals surface area (Å²) in [6, 6.07) is 3.72. The Morgan fingerprint density at radius 1 is 0.826 bits per heavy atom. The normalized spacial score (nSPS) is 18.8. The topological polar surface area (TPSA) is 74.8 Å². The van der Waals surface area contributed by atoms with Gasteiger partial charge in [0.1, 0.15) is 0 Å². The fourth-order valence-corrected chi connectivity index (χ4v) is 5.90. The van der Waals surface area contributed by atoms with E-state index in [1.165, 1.54) is 8.61 Å². The lowest BCUT2D eigenvalue weighted by Gasteiger charge is -2.23. The molecule has 130 valence electrons. The monoisotopic (exact) mass is 360 g/mol. The highest BCUT2D eigenvalue weighted by atomic mass is 32.2. The molecule has 0 aliphatic carbocycles. The van der Waals surface area contributed by atoms with Gasteiger partial charge in [-0.1, -0.05) is 17.7 Å². The van der Waals surface area contributed by atoms with Crippen LogP contribution in [0.2, 0.25) is 0 Å². The van der Waals surface area contributed by atoms with E-state index >= 15 is 0 Å². The molecule has 0 atom stereocenters. The average molecular weight is 361 g/mol. The highest BCUT2D eigenvalue weighted by molar-refractivity contribution is 7.89. The minimum absolute atomic E-state index is 0.183. The van der Waals surface area contributed by atoms with E-state index < -0.39 is 20.0 Å².